The number of hydrogen-bond acceptors (Lipinski definition) is 1. The minimum Gasteiger partial charge on any atom is -0.303 e. The molecule has 0 aromatic heterocycles. The maximum absolute atomic E-state index is 2.61. The Labute approximate surface area is 128 Å². The Hall–Kier alpha value is -0.0400. The van der Waals surface area contributed by atoms with Crippen LogP contribution in [0.2, 0.25) is 0 Å². The van der Waals surface area contributed by atoms with Crippen LogP contribution in [-0.2, 0) is 0 Å². The van der Waals surface area contributed by atoms with E-state index in [4.69, 9.17) is 0 Å². The van der Waals surface area contributed by atoms with E-state index < -0.39 is 0 Å². The first-order valence-electron chi connectivity index (χ1n) is 8.92. The van der Waals surface area contributed by atoms with Crippen molar-refractivity contribution in [1.29, 1.82) is 0 Å². The van der Waals surface area contributed by atoms with E-state index in [1.165, 1.54) is 45.1 Å². The molecule has 0 heterocycles. The molecule has 0 saturated heterocycles. The normalized spacial score (nSPS) is 29.4. The quantitative estimate of drug-likeness (QED) is 0.587. The molecule has 1 aliphatic rings. The topological polar surface area (TPSA) is 3.24 Å². The number of rotatable bonds is 7. The SMILES string of the molecule is CC(C)C[C@H](C)CC1(C)CCC(N(C)CC(C)C)CC1. The van der Waals surface area contributed by atoms with Crippen LogP contribution in [0, 0.1) is 23.2 Å². The van der Waals surface area contributed by atoms with E-state index in [0.717, 1.165) is 23.8 Å². The second-order valence-electron chi connectivity index (χ2n) is 8.81. The average Bonchev–Trinajstić information content (AvgIpc) is 2.26. The Morgan fingerprint density at radius 1 is 1.00 bits per heavy atom. The zero-order valence-corrected chi connectivity index (χ0v) is 15.2. The first kappa shape index (κ1) is 18.0. The Kier molecular flexibility index (Phi) is 7.04. The summed E-state index contributed by atoms with van der Waals surface area (Å²) in [6, 6.07) is 0.839. The molecule has 0 unspecified atom stereocenters. The van der Waals surface area contributed by atoms with Crippen LogP contribution in [0.15, 0.2) is 0 Å². The standard InChI is InChI=1S/C19H39N/c1-15(2)12-17(5)13-19(6)10-8-18(9-11-19)20(7)14-16(3)4/h15-18H,8-14H2,1-7H3/t17-,18?,19?/m0/s1. The van der Waals surface area contributed by atoms with Gasteiger partial charge in [0.05, 0.1) is 0 Å². The highest BCUT2D eigenvalue weighted by molar-refractivity contribution is 4.87. The first-order valence-corrected chi connectivity index (χ1v) is 8.92. The average molecular weight is 282 g/mol. The van der Waals surface area contributed by atoms with Gasteiger partial charge in [0.15, 0.2) is 0 Å². The largest absolute Gasteiger partial charge is 0.303 e. The zero-order chi connectivity index (χ0) is 15.3. The fourth-order valence-corrected chi connectivity index (χ4v) is 4.40. The van der Waals surface area contributed by atoms with Crippen molar-refractivity contribution < 1.29 is 0 Å². The van der Waals surface area contributed by atoms with Gasteiger partial charge < -0.3 is 4.90 Å². The molecule has 0 aromatic carbocycles. The Balaban J connectivity index is 2.39. The van der Waals surface area contributed by atoms with Crippen molar-refractivity contribution in [3.63, 3.8) is 0 Å². The summed E-state index contributed by atoms with van der Waals surface area (Å²) < 4.78 is 0. The maximum Gasteiger partial charge on any atom is 0.00927 e. The molecule has 1 atom stereocenters. The van der Waals surface area contributed by atoms with Crippen molar-refractivity contribution in [2.24, 2.45) is 23.2 Å². The van der Waals surface area contributed by atoms with Crippen molar-refractivity contribution >= 4 is 0 Å². The van der Waals surface area contributed by atoms with Gasteiger partial charge >= 0.3 is 0 Å². The van der Waals surface area contributed by atoms with Gasteiger partial charge in [-0.05, 0) is 68.7 Å². The van der Waals surface area contributed by atoms with Gasteiger partial charge in [0.2, 0.25) is 0 Å². The third-order valence-corrected chi connectivity index (χ3v) is 5.15. The molecule has 1 fully saturated rings. The summed E-state index contributed by atoms with van der Waals surface area (Å²) in [5, 5.41) is 0. The third kappa shape index (κ3) is 6.16. The molecule has 0 spiro atoms. The van der Waals surface area contributed by atoms with E-state index in [2.05, 4.69) is 53.5 Å². The predicted octanol–water partition coefficient (Wildman–Crippen LogP) is 5.60. The highest BCUT2D eigenvalue weighted by Crippen LogP contribution is 2.43. The molecule has 1 heteroatoms. The van der Waals surface area contributed by atoms with Crippen LogP contribution in [0.4, 0.5) is 0 Å². The van der Waals surface area contributed by atoms with Crippen LogP contribution in [-0.4, -0.2) is 24.5 Å². The van der Waals surface area contributed by atoms with E-state index in [0.29, 0.717) is 5.41 Å². The highest BCUT2D eigenvalue weighted by atomic mass is 15.1. The molecule has 0 radical (unpaired) electrons. The predicted molar refractivity (Wildman–Crippen MR) is 91.1 cm³/mol. The lowest BCUT2D eigenvalue weighted by Crippen LogP contribution is -2.40. The van der Waals surface area contributed by atoms with Crippen LogP contribution in [0.25, 0.3) is 0 Å². The molecule has 0 bridgehead atoms. The first-order chi connectivity index (χ1) is 9.22. The highest BCUT2D eigenvalue weighted by Gasteiger charge is 2.33. The van der Waals surface area contributed by atoms with Crippen LogP contribution < -0.4 is 0 Å². The molecule has 0 aromatic rings. The van der Waals surface area contributed by atoms with Crippen molar-refractivity contribution in [2.45, 2.75) is 86.1 Å². The van der Waals surface area contributed by atoms with Gasteiger partial charge in [-0.3, -0.25) is 0 Å². The maximum atomic E-state index is 2.61. The second-order valence-corrected chi connectivity index (χ2v) is 8.81. The lowest BCUT2D eigenvalue weighted by atomic mass is 9.68. The second kappa shape index (κ2) is 7.82. The van der Waals surface area contributed by atoms with Gasteiger partial charge in [0.1, 0.15) is 0 Å². The summed E-state index contributed by atoms with van der Waals surface area (Å²) in [5.41, 5.74) is 0.615. The van der Waals surface area contributed by atoms with Crippen LogP contribution in [0.1, 0.15) is 80.1 Å². The van der Waals surface area contributed by atoms with Crippen molar-refractivity contribution in [1.82, 2.24) is 4.90 Å². The molecule has 1 rings (SSSR count). The van der Waals surface area contributed by atoms with Crippen molar-refractivity contribution in [2.75, 3.05) is 13.6 Å². The summed E-state index contributed by atoms with van der Waals surface area (Å²) in [7, 11) is 2.33. The van der Waals surface area contributed by atoms with Crippen LogP contribution in [0.3, 0.4) is 0 Å². The number of hydrogen-bond donors (Lipinski definition) is 0. The lowest BCUT2D eigenvalue weighted by molar-refractivity contribution is 0.0887. The van der Waals surface area contributed by atoms with E-state index in [1.54, 1.807) is 0 Å². The van der Waals surface area contributed by atoms with Gasteiger partial charge in [-0.2, -0.15) is 0 Å². The molecule has 0 aliphatic heterocycles. The van der Waals surface area contributed by atoms with Gasteiger partial charge in [0, 0.05) is 12.6 Å². The van der Waals surface area contributed by atoms with Crippen molar-refractivity contribution in [3.05, 3.63) is 0 Å². The van der Waals surface area contributed by atoms with Crippen LogP contribution in [0.5, 0.6) is 0 Å². The Morgan fingerprint density at radius 3 is 2.00 bits per heavy atom. The van der Waals surface area contributed by atoms with Crippen molar-refractivity contribution in [3.8, 4) is 0 Å². The molecular weight excluding hydrogens is 242 g/mol. The van der Waals surface area contributed by atoms with Gasteiger partial charge in [-0.25, -0.2) is 0 Å². The van der Waals surface area contributed by atoms with E-state index in [9.17, 15) is 0 Å². The van der Waals surface area contributed by atoms with Gasteiger partial charge in [0.25, 0.3) is 0 Å². The van der Waals surface area contributed by atoms with Gasteiger partial charge in [-0.1, -0.05) is 41.5 Å². The fraction of sp³-hybridized carbons (Fsp3) is 1.00. The van der Waals surface area contributed by atoms with E-state index in [1.807, 2.05) is 0 Å². The smallest absolute Gasteiger partial charge is 0.00927 e. The Bertz CT molecular complexity index is 261. The molecule has 1 aliphatic carbocycles. The molecular formula is C19H39N. The fourth-order valence-electron chi connectivity index (χ4n) is 4.40. The minimum absolute atomic E-state index is 0.615. The molecule has 0 N–H and O–H groups in total. The molecule has 1 saturated carbocycles. The van der Waals surface area contributed by atoms with Crippen LogP contribution >= 0.6 is 0 Å². The molecule has 120 valence electrons. The number of nitrogens with zero attached hydrogens (tertiary/aromatic N) is 1. The minimum atomic E-state index is 0.615. The van der Waals surface area contributed by atoms with Gasteiger partial charge in [-0.15, -0.1) is 0 Å². The summed E-state index contributed by atoms with van der Waals surface area (Å²) in [4.78, 5) is 2.61. The molecule has 20 heavy (non-hydrogen) atoms. The monoisotopic (exact) mass is 281 g/mol. The zero-order valence-electron chi connectivity index (χ0n) is 15.2. The van der Waals surface area contributed by atoms with E-state index >= 15 is 0 Å². The summed E-state index contributed by atoms with van der Waals surface area (Å²) in [6.45, 7) is 15.6. The Morgan fingerprint density at radius 2 is 1.55 bits per heavy atom. The lowest BCUT2D eigenvalue weighted by Gasteiger charge is -2.42. The molecule has 0 amide bonds. The summed E-state index contributed by atoms with van der Waals surface area (Å²) in [5.74, 6) is 2.53. The van der Waals surface area contributed by atoms with E-state index in [-0.39, 0.29) is 0 Å². The summed E-state index contributed by atoms with van der Waals surface area (Å²) >= 11 is 0. The molecule has 1 nitrogen and oxygen atoms in total. The summed E-state index contributed by atoms with van der Waals surface area (Å²) in [6.07, 6.45) is 8.52. The third-order valence-electron chi connectivity index (χ3n) is 5.15.